The largest absolute Gasteiger partial charge is 0.417 e. The Labute approximate surface area is 132 Å². The van der Waals surface area contributed by atoms with E-state index >= 15 is 0 Å². The van der Waals surface area contributed by atoms with Gasteiger partial charge in [0.2, 0.25) is 10.0 Å². The van der Waals surface area contributed by atoms with Crippen LogP contribution in [0.1, 0.15) is 24.6 Å². The van der Waals surface area contributed by atoms with Crippen molar-refractivity contribution >= 4 is 21.1 Å². The number of hydrogen-bond donors (Lipinski definition) is 2. The molecule has 0 bridgehead atoms. The highest BCUT2D eigenvalue weighted by Gasteiger charge is 2.36. The minimum absolute atomic E-state index is 0.131. The molecule has 8 heteroatoms. The molecule has 1 aliphatic rings. The lowest BCUT2D eigenvalue weighted by Crippen LogP contribution is -2.30. The third-order valence-corrected chi connectivity index (χ3v) is 6.09. The van der Waals surface area contributed by atoms with E-state index in [0.29, 0.717) is 12.1 Å². The summed E-state index contributed by atoms with van der Waals surface area (Å²) in [5.74, 6) is -0.597. The molecule has 7 nitrogen and oxygen atoms in total. The first kappa shape index (κ1) is 14.3. The molecular weight excluding hydrogens is 318 g/mol. The van der Waals surface area contributed by atoms with Crippen molar-refractivity contribution in [3.63, 3.8) is 0 Å². The number of aromatic nitrogens is 2. The second kappa shape index (κ2) is 5.10. The molecule has 0 radical (unpaired) electrons. The average Bonchev–Trinajstić information content (AvgIpc) is 3.25. The standard InChI is InChI=1S/C15H15N3O4S/c19-15-17-12-6-5-10(9-14(12)22-15)23(20,21)18-8-2-4-13(18)11-3-1-7-16-11/h1,3,5-7,9,13,16H,2,4,8H2,(H,17,19). The van der Waals surface area contributed by atoms with Gasteiger partial charge in [-0.25, -0.2) is 13.2 Å². The zero-order chi connectivity index (χ0) is 16.0. The Bertz CT molecular complexity index is 1000. The smallest absolute Gasteiger partial charge is 0.408 e. The molecule has 120 valence electrons. The average molecular weight is 333 g/mol. The first-order chi connectivity index (χ1) is 11.1. The van der Waals surface area contributed by atoms with Gasteiger partial charge in [0.05, 0.1) is 16.5 Å². The fourth-order valence-electron chi connectivity index (χ4n) is 3.11. The van der Waals surface area contributed by atoms with Crippen LogP contribution < -0.4 is 5.76 Å². The van der Waals surface area contributed by atoms with Crippen molar-refractivity contribution in [1.29, 1.82) is 0 Å². The summed E-state index contributed by atoms with van der Waals surface area (Å²) in [5, 5.41) is 0. The number of aromatic amines is 2. The first-order valence-electron chi connectivity index (χ1n) is 7.34. The van der Waals surface area contributed by atoms with Gasteiger partial charge in [0.25, 0.3) is 0 Å². The van der Waals surface area contributed by atoms with Gasteiger partial charge in [-0.3, -0.25) is 4.98 Å². The van der Waals surface area contributed by atoms with Crippen LogP contribution in [0.4, 0.5) is 0 Å². The van der Waals surface area contributed by atoms with Gasteiger partial charge in [0.15, 0.2) is 5.58 Å². The SMILES string of the molecule is O=c1[nH]c2ccc(S(=O)(=O)N3CCCC3c3ccc[nH]3)cc2o1. The number of H-pyrrole nitrogens is 2. The number of benzene rings is 1. The Balaban J connectivity index is 1.77. The van der Waals surface area contributed by atoms with Crippen molar-refractivity contribution in [1.82, 2.24) is 14.3 Å². The number of nitrogens with one attached hydrogen (secondary N) is 2. The summed E-state index contributed by atoms with van der Waals surface area (Å²) in [5.41, 5.74) is 1.61. The van der Waals surface area contributed by atoms with Crippen LogP contribution >= 0.6 is 0 Å². The van der Waals surface area contributed by atoms with Crippen LogP contribution in [0.5, 0.6) is 0 Å². The van der Waals surface area contributed by atoms with Crippen LogP contribution in [0.25, 0.3) is 11.1 Å². The maximum atomic E-state index is 13.0. The Hall–Kier alpha value is -2.32. The van der Waals surface area contributed by atoms with Gasteiger partial charge < -0.3 is 9.40 Å². The summed E-state index contributed by atoms with van der Waals surface area (Å²) in [4.78, 5) is 17.0. The summed E-state index contributed by atoms with van der Waals surface area (Å²) < 4.78 is 32.4. The maximum absolute atomic E-state index is 13.0. The summed E-state index contributed by atoms with van der Waals surface area (Å²) >= 11 is 0. The Morgan fingerprint density at radius 1 is 1.26 bits per heavy atom. The molecule has 2 aromatic heterocycles. The molecule has 23 heavy (non-hydrogen) atoms. The molecule has 0 amide bonds. The Kier molecular flexibility index (Phi) is 3.17. The van der Waals surface area contributed by atoms with Crippen LogP contribution in [-0.2, 0) is 10.0 Å². The highest BCUT2D eigenvalue weighted by molar-refractivity contribution is 7.89. The second-order valence-electron chi connectivity index (χ2n) is 5.57. The zero-order valence-corrected chi connectivity index (χ0v) is 13.0. The number of nitrogens with zero attached hydrogens (tertiary/aromatic N) is 1. The van der Waals surface area contributed by atoms with E-state index in [1.54, 1.807) is 12.3 Å². The van der Waals surface area contributed by atoms with Crippen molar-refractivity contribution in [2.45, 2.75) is 23.8 Å². The van der Waals surface area contributed by atoms with Gasteiger partial charge in [-0.15, -0.1) is 0 Å². The van der Waals surface area contributed by atoms with E-state index in [1.807, 2.05) is 12.1 Å². The van der Waals surface area contributed by atoms with Gasteiger partial charge in [-0.05, 0) is 37.1 Å². The van der Waals surface area contributed by atoms with Gasteiger partial charge in [-0.2, -0.15) is 4.31 Å². The molecule has 2 N–H and O–H groups in total. The molecular formula is C15H15N3O4S. The number of fused-ring (bicyclic) bond motifs is 1. The lowest BCUT2D eigenvalue weighted by Gasteiger charge is -2.23. The fourth-order valence-corrected chi connectivity index (χ4v) is 4.80. The van der Waals surface area contributed by atoms with E-state index < -0.39 is 15.8 Å². The van der Waals surface area contributed by atoms with E-state index in [0.717, 1.165) is 18.5 Å². The predicted molar refractivity (Wildman–Crippen MR) is 83.5 cm³/mol. The molecule has 3 heterocycles. The van der Waals surface area contributed by atoms with Crippen LogP contribution in [-0.4, -0.2) is 29.2 Å². The molecule has 1 saturated heterocycles. The van der Waals surface area contributed by atoms with E-state index in [9.17, 15) is 13.2 Å². The maximum Gasteiger partial charge on any atom is 0.417 e. The van der Waals surface area contributed by atoms with Gasteiger partial charge in [-0.1, -0.05) is 0 Å². The number of rotatable bonds is 3. The van der Waals surface area contributed by atoms with Gasteiger partial charge in [0, 0.05) is 24.5 Å². The lowest BCUT2D eigenvalue weighted by molar-refractivity contribution is 0.391. The topological polar surface area (TPSA) is 99.2 Å². The highest BCUT2D eigenvalue weighted by Crippen LogP contribution is 2.36. The summed E-state index contributed by atoms with van der Waals surface area (Å²) in [7, 11) is -3.66. The first-order valence-corrected chi connectivity index (χ1v) is 8.78. The van der Waals surface area contributed by atoms with E-state index in [1.165, 1.54) is 16.4 Å². The normalized spacial score (nSPS) is 19.6. The molecule has 3 aromatic rings. The lowest BCUT2D eigenvalue weighted by atomic mass is 10.2. The van der Waals surface area contributed by atoms with Crippen molar-refractivity contribution in [3.05, 3.63) is 52.8 Å². The molecule has 0 spiro atoms. The monoisotopic (exact) mass is 333 g/mol. The number of hydrogen-bond acceptors (Lipinski definition) is 4. The molecule has 1 aromatic carbocycles. The Morgan fingerprint density at radius 3 is 2.91 bits per heavy atom. The van der Waals surface area contributed by atoms with E-state index in [-0.39, 0.29) is 16.5 Å². The summed E-state index contributed by atoms with van der Waals surface area (Å²) in [6.07, 6.45) is 3.38. The molecule has 0 saturated carbocycles. The third kappa shape index (κ3) is 2.30. The van der Waals surface area contributed by atoms with Crippen molar-refractivity contribution in [3.8, 4) is 0 Å². The van der Waals surface area contributed by atoms with Gasteiger partial charge >= 0.3 is 5.76 Å². The summed E-state index contributed by atoms with van der Waals surface area (Å²) in [6.45, 7) is 0.473. The van der Waals surface area contributed by atoms with Crippen LogP contribution in [0.3, 0.4) is 0 Å². The van der Waals surface area contributed by atoms with E-state index in [4.69, 9.17) is 4.42 Å². The molecule has 1 atom stereocenters. The highest BCUT2D eigenvalue weighted by atomic mass is 32.2. The van der Waals surface area contributed by atoms with Crippen molar-refractivity contribution < 1.29 is 12.8 Å². The molecule has 1 unspecified atom stereocenters. The van der Waals surface area contributed by atoms with Crippen LogP contribution in [0.15, 0.2) is 50.6 Å². The summed E-state index contributed by atoms with van der Waals surface area (Å²) in [6, 6.07) is 8.00. The van der Waals surface area contributed by atoms with Crippen molar-refractivity contribution in [2.24, 2.45) is 0 Å². The fraction of sp³-hybridized carbons (Fsp3) is 0.267. The molecule has 1 aliphatic heterocycles. The van der Waals surface area contributed by atoms with Crippen molar-refractivity contribution in [2.75, 3.05) is 6.54 Å². The second-order valence-corrected chi connectivity index (χ2v) is 7.46. The van der Waals surface area contributed by atoms with Crippen LogP contribution in [0, 0.1) is 0 Å². The predicted octanol–water partition coefficient (Wildman–Crippen LogP) is 1.97. The number of sulfonamides is 1. The molecule has 0 aliphatic carbocycles. The molecule has 4 rings (SSSR count). The van der Waals surface area contributed by atoms with Gasteiger partial charge in [0.1, 0.15) is 0 Å². The minimum Gasteiger partial charge on any atom is -0.408 e. The zero-order valence-electron chi connectivity index (χ0n) is 12.2. The third-order valence-electron chi connectivity index (χ3n) is 4.18. The number of oxazole rings is 1. The minimum atomic E-state index is -3.66. The quantitative estimate of drug-likeness (QED) is 0.765. The van der Waals surface area contributed by atoms with E-state index in [2.05, 4.69) is 9.97 Å². The van der Waals surface area contributed by atoms with Crippen LogP contribution in [0.2, 0.25) is 0 Å². The molecule has 1 fully saturated rings. The Morgan fingerprint density at radius 2 is 2.13 bits per heavy atom.